The zero-order chi connectivity index (χ0) is 14.4. The first kappa shape index (κ1) is 15.3. The van der Waals surface area contributed by atoms with Gasteiger partial charge in [0.1, 0.15) is 6.04 Å². The number of carbonyl (C=O) groups excluding carboxylic acids is 1. The fraction of sp³-hybridized carbons (Fsp3) is 0.571. The lowest BCUT2D eigenvalue weighted by Gasteiger charge is -2.22. The predicted octanol–water partition coefficient (Wildman–Crippen LogP) is 2.48. The number of carbonyl (C=O) groups is 1. The molecule has 0 fully saturated rings. The molecule has 5 nitrogen and oxygen atoms in total. The number of nitrogens with zero attached hydrogens (tertiary/aromatic N) is 1. The SMILES string of the molecule is COC(=O)C(Nc1ncccc1OC(C)C)C(C)C. The Morgan fingerprint density at radius 1 is 1.32 bits per heavy atom. The second kappa shape index (κ2) is 6.97. The molecule has 0 aliphatic rings. The highest BCUT2D eigenvalue weighted by Gasteiger charge is 2.24. The van der Waals surface area contributed by atoms with Crippen LogP contribution < -0.4 is 10.1 Å². The Balaban J connectivity index is 2.93. The molecule has 0 saturated carbocycles. The molecule has 1 heterocycles. The van der Waals surface area contributed by atoms with Gasteiger partial charge in [-0.3, -0.25) is 0 Å². The molecule has 1 aromatic heterocycles. The molecule has 106 valence electrons. The van der Waals surface area contributed by atoms with Crippen molar-refractivity contribution >= 4 is 11.8 Å². The topological polar surface area (TPSA) is 60.5 Å². The highest BCUT2D eigenvalue weighted by molar-refractivity contribution is 5.79. The quantitative estimate of drug-likeness (QED) is 0.801. The minimum atomic E-state index is -0.450. The first-order chi connectivity index (χ1) is 8.95. The van der Waals surface area contributed by atoms with Crippen molar-refractivity contribution in [3.05, 3.63) is 18.3 Å². The molecule has 0 bridgehead atoms. The molecule has 1 rings (SSSR count). The number of esters is 1. The number of methoxy groups -OCH3 is 1. The third-order valence-electron chi connectivity index (χ3n) is 2.55. The average Bonchev–Trinajstić information content (AvgIpc) is 2.35. The third kappa shape index (κ3) is 4.43. The molecule has 0 saturated heterocycles. The molecular formula is C14H22N2O3. The second-order valence-electron chi connectivity index (χ2n) is 4.91. The number of ether oxygens (including phenoxy) is 2. The van der Waals surface area contributed by atoms with E-state index in [1.54, 1.807) is 12.3 Å². The molecule has 1 N–H and O–H groups in total. The Kier molecular flexibility index (Phi) is 5.60. The fourth-order valence-corrected chi connectivity index (χ4v) is 1.62. The minimum Gasteiger partial charge on any atom is -0.487 e. The molecule has 19 heavy (non-hydrogen) atoms. The van der Waals surface area contributed by atoms with E-state index in [2.05, 4.69) is 10.3 Å². The van der Waals surface area contributed by atoms with Crippen molar-refractivity contribution in [3.8, 4) is 5.75 Å². The van der Waals surface area contributed by atoms with E-state index >= 15 is 0 Å². The number of rotatable bonds is 6. The van der Waals surface area contributed by atoms with Gasteiger partial charge in [0.25, 0.3) is 0 Å². The minimum absolute atomic E-state index is 0.0420. The van der Waals surface area contributed by atoms with Crippen LogP contribution in [0.1, 0.15) is 27.7 Å². The summed E-state index contributed by atoms with van der Waals surface area (Å²) in [6, 6.07) is 3.17. The number of pyridine rings is 1. The summed E-state index contributed by atoms with van der Waals surface area (Å²) >= 11 is 0. The summed E-state index contributed by atoms with van der Waals surface area (Å²) in [5, 5.41) is 3.09. The van der Waals surface area contributed by atoms with E-state index in [9.17, 15) is 4.79 Å². The Morgan fingerprint density at radius 3 is 2.53 bits per heavy atom. The van der Waals surface area contributed by atoms with Crippen molar-refractivity contribution in [3.63, 3.8) is 0 Å². The van der Waals surface area contributed by atoms with Crippen LogP contribution >= 0.6 is 0 Å². The number of hydrogen-bond donors (Lipinski definition) is 1. The first-order valence-corrected chi connectivity index (χ1v) is 6.41. The summed E-state index contributed by atoms with van der Waals surface area (Å²) < 4.78 is 10.5. The van der Waals surface area contributed by atoms with Gasteiger partial charge in [-0.05, 0) is 31.9 Å². The molecule has 1 atom stereocenters. The molecule has 0 aromatic carbocycles. The van der Waals surface area contributed by atoms with E-state index in [-0.39, 0.29) is 18.0 Å². The Bertz CT molecular complexity index is 419. The number of anilines is 1. The van der Waals surface area contributed by atoms with Crippen LogP contribution in [0.3, 0.4) is 0 Å². The second-order valence-corrected chi connectivity index (χ2v) is 4.91. The summed E-state index contributed by atoms with van der Waals surface area (Å²) in [4.78, 5) is 16.0. The highest BCUT2D eigenvalue weighted by Crippen LogP contribution is 2.24. The van der Waals surface area contributed by atoms with Crippen LogP contribution in [0.5, 0.6) is 5.75 Å². The van der Waals surface area contributed by atoms with Crippen molar-refractivity contribution in [2.75, 3.05) is 12.4 Å². The lowest BCUT2D eigenvalue weighted by Crippen LogP contribution is -2.36. The molecule has 1 aromatic rings. The predicted molar refractivity (Wildman–Crippen MR) is 74.3 cm³/mol. The molecule has 0 spiro atoms. The summed E-state index contributed by atoms with van der Waals surface area (Å²) in [7, 11) is 1.38. The number of aromatic nitrogens is 1. The van der Waals surface area contributed by atoms with Gasteiger partial charge in [-0.25, -0.2) is 9.78 Å². The van der Waals surface area contributed by atoms with Crippen molar-refractivity contribution in [2.45, 2.75) is 39.8 Å². The molecule has 5 heteroatoms. The molecule has 0 aliphatic heterocycles. The summed E-state index contributed by atoms with van der Waals surface area (Å²) in [6.07, 6.45) is 1.70. The van der Waals surface area contributed by atoms with Gasteiger partial charge >= 0.3 is 5.97 Å². The smallest absolute Gasteiger partial charge is 0.328 e. The maximum absolute atomic E-state index is 11.7. The van der Waals surface area contributed by atoms with Gasteiger partial charge < -0.3 is 14.8 Å². The van der Waals surface area contributed by atoms with Crippen molar-refractivity contribution in [1.29, 1.82) is 0 Å². The molecule has 0 radical (unpaired) electrons. The lowest BCUT2D eigenvalue weighted by molar-refractivity contribution is -0.142. The van der Waals surface area contributed by atoms with Crippen LogP contribution in [0.4, 0.5) is 5.82 Å². The zero-order valence-electron chi connectivity index (χ0n) is 12.1. The van der Waals surface area contributed by atoms with E-state index < -0.39 is 6.04 Å². The van der Waals surface area contributed by atoms with E-state index in [1.807, 2.05) is 33.8 Å². The largest absolute Gasteiger partial charge is 0.487 e. The lowest BCUT2D eigenvalue weighted by atomic mass is 10.0. The van der Waals surface area contributed by atoms with Crippen LogP contribution in [0, 0.1) is 5.92 Å². The molecular weight excluding hydrogens is 244 g/mol. The van der Waals surface area contributed by atoms with Gasteiger partial charge in [0.15, 0.2) is 11.6 Å². The monoisotopic (exact) mass is 266 g/mol. The number of hydrogen-bond acceptors (Lipinski definition) is 5. The maximum Gasteiger partial charge on any atom is 0.328 e. The molecule has 0 amide bonds. The Hall–Kier alpha value is -1.78. The number of nitrogens with one attached hydrogen (secondary N) is 1. The van der Waals surface area contributed by atoms with E-state index in [0.29, 0.717) is 11.6 Å². The zero-order valence-corrected chi connectivity index (χ0v) is 12.1. The Morgan fingerprint density at radius 2 is 2.00 bits per heavy atom. The van der Waals surface area contributed by atoms with Crippen LogP contribution in [0.25, 0.3) is 0 Å². The van der Waals surface area contributed by atoms with Gasteiger partial charge in [0.05, 0.1) is 13.2 Å². The van der Waals surface area contributed by atoms with Crippen LogP contribution in [-0.2, 0) is 9.53 Å². The Labute approximate surface area is 114 Å². The van der Waals surface area contributed by atoms with Gasteiger partial charge in [0.2, 0.25) is 0 Å². The molecule has 1 unspecified atom stereocenters. The summed E-state index contributed by atoms with van der Waals surface area (Å²) in [6.45, 7) is 7.77. The van der Waals surface area contributed by atoms with E-state index in [1.165, 1.54) is 7.11 Å². The van der Waals surface area contributed by atoms with Crippen molar-refractivity contribution < 1.29 is 14.3 Å². The summed E-state index contributed by atoms with van der Waals surface area (Å²) in [5.74, 6) is 0.963. The van der Waals surface area contributed by atoms with E-state index in [0.717, 1.165) is 0 Å². The normalized spacial score (nSPS) is 12.4. The van der Waals surface area contributed by atoms with Crippen molar-refractivity contribution in [2.24, 2.45) is 5.92 Å². The van der Waals surface area contributed by atoms with Gasteiger partial charge in [-0.1, -0.05) is 13.8 Å². The third-order valence-corrected chi connectivity index (χ3v) is 2.55. The van der Waals surface area contributed by atoms with Crippen LogP contribution in [0.15, 0.2) is 18.3 Å². The first-order valence-electron chi connectivity index (χ1n) is 6.41. The average molecular weight is 266 g/mol. The van der Waals surface area contributed by atoms with Crippen molar-refractivity contribution in [1.82, 2.24) is 4.98 Å². The fourth-order valence-electron chi connectivity index (χ4n) is 1.62. The maximum atomic E-state index is 11.7. The van der Waals surface area contributed by atoms with Crippen LogP contribution in [0.2, 0.25) is 0 Å². The molecule has 0 aliphatic carbocycles. The van der Waals surface area contributed by atoms with Gasteiger partial charge in [0, 0.05) is 6.20 Å². The van der Waals surface area contributed by atoms with E-state index in [4.69, 9.17) is 9.47 Å². The summed E-state index contributed by atoms with van der Waals surface area (Å²) in [5.41, 5.74) is 0. The van der Waals surface area contributed by atoms with Gasteiger partial charge in [-0.2, -0.15) is 0 Å². The standard InChI is InChI=1S/C14H22N2O3/c1-9(2)12(14(17)18-5)16-13-11(19-10(3)4)7-6-8-15-13/h6-10,12H,1-5H3,(H,15,16). The van der Waals surface area contributed by atoms with Crippen LogP contribution in [-0.4, -0.2) is 30.2 Å². The highest BCUT2D eigenvalue weighted by atomic mass is 16.5. The van der Waals surface area contributed by atoms with Gasteiger partial charge in [-0.15, -0.1) is 0 Å².